The van der Waals surface area contributed by atoms with Gasteiger partial charge in [-0.2, -0.15) is 0 Å². The first kappa shape index (κ1) is 13.6. The van der Waals surface area contributed by atoms with Gasteiger partial charge in [0.15, 0.2) is 0 Å². The van der Waals surface area contributed by atoms with Gasteiger partial charge in [-0.25, -0.2) is 8.78 Å². The minimum absolute atomic E-state index is 0.0735. The number of hydrogen-bond donors (Lipinski definition) is 1. The second-order valence-electron chi connectivity index (χ2n) is 4.59. The van der Waals surface area contributed by atoms with Crippen molar-refractivity contribution in [2.24, 2.45) is 0 Å². The van der Waals surface area contributed by atoms with E-state index in [0.717, 1.165) is 11.6 Å². The molecule has 1 N–H and O–H groups in total. The van der Waals surface area contributed by atoms with Crippen molar-refractivity contribution in [1.29, 1.82) is 0 Å². The standard InChI is InChI=1S/C15H16F2N2/c1-10(12-3-5-18-6-4-12)19-11(2)13-7-14(16)9-15(17)8-13/h3-11,19H,1-2H3/t10-,11?/m1/s1. The van der Waals surface area contributed by atoms with Crippen LogP contribution < -0.4 is 5.32 Å². The fraction of sp³-hybridized carbons (Fsp3) is 0.267. The van der Waals surface area contributed by atoms with Crippen LogP contribution >= 0.6 is 0 Å². The van der Waals surface area contributed by atoms with Crippen molar-refractivity contribution in [3.05, 3.63) is 65.5 Å². The van der Waals surface area contributed by atoms with E-state index >= 15 is 0 Å². The van der Waals surface area contributed by atoms with Crippen molar-refractivity contribution in [1.82, 2.24) is 10.3 Å². The van der Waals surface area contributed by atoms with Crippen molar-refractivity contribution >= 4 is 0 Å². The fourth-order valence-electron chi connectivity index (χ4n) is 2.04. The maximum Gasteiger partial charge on any atom is 0.126 e. The number of nitrogens with zero attached hydrogens (tertiary/aromatic N) is 1. The normalized spacial score (nSPS) is 14.1. The summed E-state index contributed by atoms with van der Waals surface area (Å²) >= 11 is 0. The first-order chi connectivity index (χ1) is 9.06. The first-order valence-electron chi connectivity index (χ1n) is 6.18. The van der Waals surface area contributed by atoms with Crippen molar-refractivity contribution in [3.63, 3.8) is 0 Å². The van der Waals surface area contributed by atoms with Crippen molar-refractivity contribution in [2.45, 2.75) is 25.9 Å². The highest BCUT2D eigenvalue weighted by Crippen LogP contribution is 2.20. The molecule has 0 saturated heterocycles. The van der Waals surface area contributed by atoms with E-state index in [1.807, 2.05) is 26.0 Å². The molecule has 4 heteroatoms. The molecule has 2 aromatic rings. The van der Waals surface area contributed by atoms with Gasteiger partial charge in [0.2, 0.25) is 0 Å². The van der Waals surface area contributed by atoms with Gasteiger partial charge >= 0.3 is 0 Å². The Morgan fingerprint density at radius 3 is 2.00 bits per heavy atom. The zero-order valence-electron chi connectivity index (χ0n) is 10.9. The van der Waals surface area contributed by atoms with E-state index in [0.29, 0.717) is 5.56 Å². The third-order valence-corrected chi connectivity index (χ3v) is 3.09. The summed E-state index contributed by atoms with van der Waals surface area (Å²) in [5.41, 5.74) is 1.68. The number of benzene rings is 1. The van der Waals surface area contributed by atoms with Crippen molar-refractivity contribution in [3.8, 4) is 0 Å². The van der Waals surface area contributed by atoms with E-state index in [4.69, 9.17) is 0 Å². The summed E-state index contributed by atoms with van der Waals surface area (Å²) in [6.45, 7) is 3.88. The molecular weight excluding hydrogens is 246 g/mol. The molecule has 0 amide bonds. The van der Waals surface area contributed by atoms with E-state index in [1.165, 1.54) is 12.1 Å². The average Bonchev–Trinajstić information content (AvgIpc) is 2.38. The SMILES string of the molecule is CC(N[C@H](C)c1ccncc1)c1cc(F)cc(F)c1. The number of aromatic nitrogens is 1. The number of hydrogen-bond acceptors (Lipinski definition) is 2. The molecule has 0 bridgehead atoms. The molecule has 100 valence electrons. The summed E-state index contributed by atoms with van der Waals surface area (Å²) in [5, 5.41) is 3.31. The summed E-state index contributed by atoms with van der Waals surface area (Å²) in [7, 11) is 0. The summed E-state index contributed by atoms with van der Waals surface area (Å²) in [5.74, 6) is -1.11. The molecule has 0 radical (unpaired) electrons. The molecule has 0 saturated carbocycles. The van der Waals surface area contributed by atoms with Crippen LogP contribution in [0.1, 0.15) is 37.1 Å². The Labute approximate surface area is 111 Å². The van der Waals surface area contributed by atoms with E-state index in [1.54, 1.807) is 12.4 Å². The third-order valence-electron chi connectivity index (χ3n) is 3.09. The van der Waals surface area contributed by atoms with Crippen LogP contribution in [-0.4, -0.2) is 4.98 Å². The number of nitrogens with one attached hydrogen (secondary N) is 1. The topological polar surface area (TPSA) is 24.9 Å². The molecule has 2 atom stereocenters. The fourth-order valence-corrected chi connectivity index (χ4v) is 2.04. The Morgan fingerprint density at radius 1 is 0.895 bits per heavy atom. The highest BCUT2D eigenvalue weighted by Gasteiger charge is 2.12. The van der Waals surface area contributed by atoms with Crippen LogP contribution in [0.25, 0.3) is 0 Å². The van der Waals surface area contributed by atoms with Crippen molar-refractivity contribution < 1.29 is 8.78 Å². The van der Waals surface area contributed by atoms with Gasteiger partial charge in [-0.3, -0.25) is 4.98 Å². The Kier molecular flexibility index (Phi) is 4.22. The van der Waals surface area contributed by atoms with Gasteiger partial charge in [0.25, 0.3) is 0 Å². The molecule has 1 unspecified atom stereocenters. The van der Waals surface area contributed by atoms with Crippen LogP contribution in [0.15, 0.2) is 42.7 Å². The zero-order valence-corrected chi connectivity index (χ0v) is 10.9. The van der Waals surface area contributed by atoms with Crippen LogP contribution in [0, 0.1) is 11.6 Å². The van der Waals surface area contributed by atoms with Gasteiger partial charge in [0.1, 0.15) is 11.6 Å². The third kappa shape index (κ3) is 3.58. The Bertz CT molecular complexity index is 523. The van der Waals surface area contributed by atoms with Gasteiger partial charge < -0.3 is 5.32 Å². The predicted octanol–water partition coefficient (Wildman–Crippen LogP) is 3.77. The lowest BCUT2D eigenvalue weighted by Crippen LogP contribution is -2.22. The average molecular weight is 262 g/mol. The van der Waals surface area contributed by atoms with Gasteiger partial charge in [-0.15, -0.1) is 0 Å². The largest absolute Gasteiger partial charge is 0.304 e. The van der Waals surface area contributed by atoms with Gasteiger partial charge in [0, 0.05) is 30.5 Å². The van der Waals surface area contributed by atoms with Gasteiger partial charge in [-0.05, 0) is 49.2 Å². The molecule has 0 aliphatic rings. The highest BCUT2D eigenvalue weighted by molar-refractivity contribution is 5.22. The highest BCUT2D eigenvalue weighted by atomic mass is 19.1. The summed E-state index contributed by atoms with van der Waals surface area (Å²) in [6, 6.07) is 7.33. The molecule has 0 spiro atoms. The zero-order chi connectivity index (χ0) is 13.8. The molecule has 1 heterocycles. The maximum atomic E-state index is 13.2. The molecule has 0 aliphatic heterocycles. The van der Waals surface area contributed by atoms with Crippen LogP contribution in [0.5, 0.6) is 0 Å². The van der Waals surface area contributed by atoms with E-state index in [2.05, 4.69) is 10.3 Å². The molecule has 1 aromatic heterocycles. The van der Waals surface area contributed by atoms with Crippen LogP contribution in [0.2, 0.25) is 0 Å². The summed E-state index contributed by atoms with van der Waals surface area (Å²) in [6.07, 6.45) is 3.44. The molecular formula is C15H16F2N2. The van der Waals surface area contributed by atoms with Gasteiger partial charge in [-0.1, -0.05) is 0 Å². The maximum absolute atomic E-state index is 13.2. The Morgan fingerprint density at radius 2 is 1.42 bits per heavy atom. The number of rotatable bonds is 4. The molecule has 2 nitrogen and oxygen atoms in total. The van der Waals surface area contributed by atoms with Gasteiger partial charge in [0.05, 0.1) is 0 Å². The van der Waals surface area contributed by atoms with Crippen LogP contribution in [-0.2, 0) is 0 Å². The molecule has 2 rings (SSSR count). The van der Waals surface area contributed by atoms with E-state index < -0.39 is 11.6 Å². The van der Waals surface area contributed by atoms with Crippen molar-refractivity contribution in [2.75, 3.05) is 0 Å². The van der Waals surface area contributed by atoms with E-state index in [-0.39, 0.29) is 12.1 Å². The van der Waals surface area contributed by atoms with Crippen LogP contribution in [0.4, 0.5) is 8.78 Å². The summed E-state index contributed by atoms with van der Waals surface area (Å²) in [4.78, 5) is 3.96. The smallest absolute Gasteiger partial charge is 0.126 e. The first-order valence-corrected chi connectivity index (χ1v) is 6.18. The lowest BCUT2D eigenvalue weighted by molar-refractivity contribution is 0.487. The summed E-state index contributed by atoms with van der Waals surface area (Å²) < 4.78 is 26.3. The Balaban J connectivity index is 2.10. The Hall–Kier alpha value is -1.81. The molecule has 0 aliphatic carbocycles. The molecule has 19 heavy (non-hydrogen) atoms. The lowest BCUT2D eigenvalue weighted by Gasteiger charge is -2.20. The predicted molar refractivity (Wildman–Crippen MR) is 70.6 cm³/mol. The number of halogens is 2. The minimum Gasteiger partial charge on any atom is -0.304 e. The minimum atomic E-state index is -0.555. The quantitative estimate of drug-likeness (QED) is 0.907. The molecule has 1 aromatic carbocycles. The number of pyridine rings is 1. The van der Waals surface area contributed by atoms with E-state index in [9.17, 15) is 8.78 Å². The lowest BCUT2D eigenvalue weighted by atomic mass is 10.0. The second kappa shape index (κ2) is 5.89. The second-order valence-corrected chi connectivity index (χ2v) is 4.59. The molecule has 0 fully saturated rings. The monoisotopic (exact) mass is 262 g/mol. The van der Waals surface area contributed by atoms with Crippen LogP contribution in [0.3, 0.4) is 0 Å².